The Kier molecular flexibility index (Phi) is 4.64. The number of rotatable bonds is 4. The van der Waals surface area contributed by atoms with Gasteiger partial charge in [0.1, 0.15) is 0 Å². The zero-order valence-electron chi connectivity index (χ0n) is 15.3. The van der Waals surface area contributed by atoms with Crippen LogP contribution in [-0.4, -0.2) is 43.9 Å². The summed E-state index contributed by atoms with van der Waals surface area (Å²) in [5, 5.41) is 1.60. The molecule has 1 aliphatic heterocycles. The van der Waals surface area contributed by atoms with Crippen LogP contribution in [0.4, 0.5) is 0 Å². The van der Waals surface area contributed by atoms with Gasteiger partial charge < -0.3 is 0 Å². The van der Waals surface area contributed by atoms with E-state index in [-0.39, 0.29) is 11.1 Å². The van der Waals surface area contributed by atoms with Gasteiger partial charge in [-0.15, -0.1) is 0 Å². The smallest absolute Gasteiger partial charge is 0.269 e. The highest BCUT2D eigenvalue weighted by atomic mass is 32.1. The lowest BCUT2D eigenvalue weighted by Crippen LogP contribution is -2.48. The average molecular weight is 413 g/mol. The van der Waals surface area contributed by atoms with Gasteiger partial charge in [-0.05, 0) is 24.3 Å². The number of hydrogen-bond donors (Lipinski definition) is 0. The summed E-state index contributed by atoms with van der Waals surface area (Å²) < 4.78 is 5.76. The van der Waals surface area contributed by atoms with Crippen LogP contribution in [0.1, 0.15) is 0 Å². The molecular formula is C20H20N4O2S2. The Morgan fingerprint density at radius 1 is 0.643 bits per heavy atom. The third-order valence-corrected chi connectivity index (χ3v) is 7.34. The minimum absolute atomic E-state index is 0.0971. The monoisotopic (exact) mass is 412 g/mol. The van der Waals surface area contributed by atoms with E-state index in [1.807, 2.05) is 56.4 Å². The van der Waals surface area contributed by atoms with E-state index in [2.05, 4.69) is 9.80 Å². The number of nitrogens with zero attached hydrogens (tertiary/aromatic N) is 4. The lowest BCUT2D eigenvalue weighted by molar-refractivity contribution is 0.0913. The van der Waals surface area contributed by atoms with E-state index in [1.54, 1.807) is 0 Å². The van der Waals surface area contributed by atoms with Crippen LogP contribution in [0.15, 0.2) is 58.1 Å². The molecule has 0 saturated carbocycles. The van der Waals surface area contributed by atoms with Crippen LogP contribution in [-0.2, 0) is 13.3 Å². The summed E-state index contributed by atoms with van der Waals surface area (Å²) >= 11 is 3.06. The molecule has 2 aromatic heterocycles. The van der Waals surface area contributed by atoms with Crippen molar-refractivity contribution in [3.8, 4) is 0 Å². The molecule has 2 aromatic carbocycles. The Morgan fingerprint density at radius 2 is 1.04 bits per heavy atom. The zero-order chi connectivity index (χ0) is 19.1. The first-order valence-corrected chi connectivity index (χ1v) is 10.9. The molecule has 0 spiro atoms. The molecule has 28 heavy (non-hydrogen) atoms. The molecule has 0 amide bonds. The van der Waals surface area contributed by atoms with Crippen molar-refractivity contribution in [3.05, 3.63) is 69.2 Å². The van der Waals surface area contributed by atoms with Crippen molar-refractivity contribution in [2.45, 2.75) is 13.3 Å². The minimum atomic E-state index is 0.0971. The summed E-state index contributed by atoms with van der Waals surface area (Å²) in [5.74, 6) is 0. The van der Waals surface area contributed by atoms with Gasteiger partial charge in [-0.1, -0.05) is 47.3 Å². The van der Waals surface area contributed by atoms with Crippen molar-refractivity contribution in [2.24, 2.45) is 0 Å². The van der Waals surface area contributed by atoms with Crippen molar-refractivity contribution in [2.75, 3.05) is 26.2 Å². The van der Waals surface area contributed by atoms with Crippen molar-refractivity contribution >= 4 is 43.2 Å². The fraction of sp³-hybridized carbons (Fsp3) is 0.300. The fourth-order valence-electron chi connectivity index (χ4n) is 3.66. The van der Waals surface area contributed by atoms with Gasteiger partial charge >= 0.3 is 0 Å². The third-order valence-electron chi connectivity index (χ3n) is 5.23. The second kappa shape index (κ2) is 7.29. The quantitative estimate of drug-likeness (QED) is 0.517. The van der Waals surface area contributed by atoms with E-state index >= 15 is 0 Å². The van der Waals surface area contributed by atoms with Crippen molar-refractivity contribution in [3.63, 3.8) is 0 Å². The number of fused-ring (bicyclic) bond motifs is 2. The normalized spacial score (nSPS) is 16.3. The molecule has 8 heteroatoms. The van der Waals surface area contributed by atoms with Gasteiger partial charge in [0, 0.05) is 26.2 Å². The van der Waals surface area contributed by atoms with Crippen molar-refractivity contribution in [1.29, 1.82) is 0 Å². The van der Waals surface area contributed by atoms with Gasteiger partial charge in [0.05, 0.1) is 33.5 Å². The molecule has 0 radical (unpaired) electrons. The highest BCUT2D eigenvalue weighted by Gasteiger charge is 2.20. The largest absolute Gasteiger partial charge is 0.282 e. The molecule has 0 aliphatic carbocycles. The van der Waals surface area contributed by atoms with Gasteiger partial charge in [0.25, 0.3) is 11.1 Å². The topological polar surface area (TPSA) is 50.5 Å². The van der Waals surface area contributed by atoms with E-state index in [0.29, 0.717) is 13.3 Å². The maximum Gasteiger partial charge on any atom is 0.269 e. The fourth-order valence-corrected chi connectivity index (χ4v) is 5.72. The van der Waals surface area contributed by atoms with Crippen LogP contribution in [0.25, 0.3) is 20.2 Å². The molecule has 144 valence electrons. The van der Waals surface area contributed by atoms with Gasteiger partial charge in [-0.2, -0.15) is 0 Å². The number of benzene rings is 2. The first-order chi connectivity index (χ1) is 13.7. The molecule has 1 fully saturated rings. The lowest BCUT2D eigenvalue weighted by atomic mass is 10.3. The van der Waals surface area contributed by atoms with Crippen LogP contribution < -0.4 is 11.1 Å². The highest BCUT2D eigenvalue weighted by Crippen LogP contribution is 2.18. The third kappa shape index (κ3) is 3.22. The van der Waals surface area contributed by atoms with E-state index in [1.165, 1.54) is 23.1 Å². The Labute approximate surface area is 169 Å². The van der Waals surface area contributed by atoms with Gasteiger partial charge in [-0.25, -0.2) is 7.91 Å². The van der Waals surface area contributed by atoms with E-state index in [4.69, 9.17) is 0 Å². The number of hydrogen-bond acceptors (Lipinski definition) is 6. The molecule has 4 aromatic rings. The molecule has 0 unspecified atom stereocenters. The van der Waals surface area contributed by atoms with E-state index in [9.17, 15) is 9.59 Å². The highest BCUT2D eigenvalue weighted by molar-refractivity contribution is 7.14. The van der Waals surface area contributed by atoms with Crippen LogP contribution >= 0.6 is 23.1 Å². The molecule has 0 bridgehead atoms. The number of piperazine rings is 1. The summed E-state index contributed by atoms with van der Waals surface area (Å²) in [4.78, 5) is 29.7. The minimum Gasteiger partial charge on any atom is -0.282 e. The second-order valence-corrected chi connectivity index (χ2v) is 9.19. The Bertz CT molecular complexity index is 1150. The van der Waals surface area contributed by atoms with Gasteiger partial charge in [0.2, 0.25) is 0 Å². The Hall–Kier alpha value is -2.26. The summed E-state index contributed by atoms with van der Waals surface area (Å²) in [6, 6.07) is 15.5. The van der Waals surface area contributed by atoms with Crippen molar-refractivity contribution < 1.29 is 0 Å². The van der Waals surface area contributed by atoms with Crippen LogP contribution in [0.5, 0.6) is 0 Å². The van der Waals surface area contributed by atoms with Crippen LogP contribution in [0.2, 0.25) is 0 Å². The predicted molar refractivity (Wildman–Crippen MR) is 115 cm³/mol. The molecule has 0 atom stereocenters. The summed E-state index contributed by atoms with van der Waals surface area (Å²) in [6.07, 6.45) is 0. The van der Waals surface area contributed by atoms with Gasteiger partial charge in [0.15, 0.2) is 0 Å². The molecule has 1 aliphatic rings. The van der Waals surface area contributed by atoms with E-state index in [0.717, 1.165) is 46.4 Å². The second-order valence-electron chi connectivity index (χ2n) is 7.06. The first-order valence-electron chi connectivity index (χ1n) is 9.31. The zero-order valence-corrected chi connectivity index (χ0v) is 16.9. The Balaban J connectivity index is 1.24. The molecule has 0 N–H and O–H groups in total. The summed E-state index contributed by atoms with van der Waals surface area (Å²) in [7, 11) is 0. The molecule has 5 rings (SSSR count). The standard InChI is InChI=1S/C20H20N4O2S2/c25-19-15-5-1-3-7-17(15)27-23(19)13-21-9-11-22(12-10-21)14-24-20(26)16-6-2-4-8-18(16)28-24/h1-8H,9-14H2. The molecule has 3 heterocycles. The molecular weight excluding hydrogens is 392 g/mol. The van der Waals surface area contributed by atoms with Crippen LogP contribution in [0, 0.1) is 0 Å². The van der Waals surface area contributed by atoms with E-state index < -0.39 is 0 Å². The predicted octanol–water partition coefficient (Wildman–Crippen LogP) is 2.67. The lowest BCUT2D eigenvalue weighted by Gasteiger charge is -2.34. The number of aromatic nitrogens is 2. The molecule has 6 nitrogen and oxygen atoms in total. The Morgan fingerprint density at radius 3 is 1.43 bits per heavy atom. The molecule has 1 saturated heterocycles. The maximum absolute atomic E-state index is 12.5. The van der Waals surface area contributed by atoms with Gasteiger partial charge in [-0.3, -0.25) is 19.4 Å². The van der Waals surface area contributed by atoms with Crippen molar-refractivity contribution in [1.82, 2.24) is 17.7 Å². The van der Waals surface area contributed by atoms with Crippen LogP contribution in [0.3, 0.4) is 0 Å². The average Bonchev–Trinajstić information content (AvgIpc) is 3.21. The first kappa shape index (κ1) is 17.8. The summed E-state index contributed by atoms with van der Waals surface area (Å²) in [5.41, 5.74) is 0.194. The maximum atomic E-state index is 12.5. The SMILES string of the molecule is O=c1c2ccccc2sn1CN1CCN(Cn2sc3ccccc3c2=O)CC1. The summed E-state index contributed by atoms with van der Waals surface area (Å²) in [6.45, 7) is 4.82.